The molecule has 0 saturated heterocycles. The Morgan fingerprint density at radius 3 is 1.52 bits per heavy atom. The molecule has 0 aliphatic rings. The van der Waals surface area contributed by atoms with Gasteiger partial charge >= 0.3 is 35.5 Å². The van der Waals surface area contributed by atoms with Gasteiger partial charge in [0.15, 0.2) is 0 Å². The minimum Gasteiger partial charge on any atom is -1.00 e. The van der Waals surface area contributed by atoms with Gasteiger partial charge in [-0.2, -0.15) is 0 Å². The van der Waals surface area contributed by atoms with E-state index in [1.54, 1.807) is 0 Å². The second-order valence-corrected chi connectivity index (χ2v) is 6.57. The monoisotopic (exact) mass is 336 g/mol. The summed E-state index contributed by atoms with van der Waals surface area (Å²) in [5.74, 6) is 0.0107. The van der Waals surface area contributed by atoms with Gasteiger partial charge in [-0.3, -0.25) is 4.79 Å². The van der Waals surface area contributed by atoms with Gasteiger partial charge < -0.3 is 6.16 Å². The van der Waals surface area contributed by atoms with E-state index in [9.17, 15) is 4.79 Å². The van der Waals surface area contributed by atoms with Gasteiger partial charge in [0.2, 0.25) is 0 Å². The molecule has 0 bridgehead atoms. The first kappa shape index (κ1) is 25.7. The number of hydrogen-bond donors (Lipinski definition) is 0. The summed E-state index contributed by atoms with van der Waals surface area (Å²) in [5.41, 5.74) is 0. The molecule has 0 aromatic rings. The minimum atomic E-state index is 0. The summed E-state index contributed by atoms with van der Waals surface area (Å²) in [6.07, 6.45) is 19.7. The molecular weight excluding hydrogens is 295 g/mol. The van der Waals surface area contributed by atoms with Crippen LogP contribution in [0, 0.1) is 0 Å². The van der Waals surface area contributed by atoms with Crippen molar-refractivity contribution in [2.45, 2.75) is 117 Å². The van der Waals surface area contributed by atoms with Crippen LogP contribution in [0.25, 0.3) is 0 Å². The molecule has 0 fully saturated rings. The fourth-order valence-electron chi connectivity index (χ4n) is 2.72. The molecule has 0 N–H and O–H groups in total. The van der Waals surface area contributed by atoms with E-state index < -0.39 is 0 Å². The minimum absolute atomic E-state index is 0. The Kier molecular flexibility index (Phi) is 25.1. The summed E-state index contributed by atoms with van der Waals surface area (Å²) in [4.78, 5) is 11.6. The van der Waals surface area contributed by atoms with Gasteiger partial charge in [-0.25, -0.2) is 0 Å². The standard InChI is InChI=1S/C20H40O2.Na.H/c1-3-5-7-9-11-12-13-14-16-18-20(21)22-19-17-15-10-8-6-4-2;;/h3-19H2,1-2H3;;/q;+1;-1. The van der Waals surface area contributed by atoms with Crippen LogP contribution in [0.15, 0.2) is 0 Å². The van der Waals surface area contributed by atoms with Crippen molar-refractivity contribution in [3.8, 4) is 0 Å². The molecule has 0 aromatic carbocycles. The Balaban J connectivity index is -0.00000220. The predicted molar refractivity (Wildman–Crippen MR) is 97.3 cm³/mol. The molecule has 0 heterocycles. The van der Waals surface area contributed by atoms with Crippen molar-refractivity contribution in [1.82, 2.24) is 0 Å². The molecule has 3 heteroatoms. The second-order valence-electron chi connectivity index (χ2n) is 6.57. The first-order chi connectivity index (χ1) is 10.8. The van der Waals surface area contributed by atoms with Crippen molar-refractivity contribution < 1.29 is 40.5 Å². The van der Waals surface area contributed by atoms with Crippen molar-refractivity contribution in [1.29, 1.82) is 0 Å². The van der Waals surface area contributed by atoms with E-state index in [2.05, 4.69) is 13.8 Å². The predicted octanol–water partition coefficient (Wildman–Crippen LogP) is 3.93. The fraction of sp³-hybridized carbons (Fsp3) is 0.950. The maximum Gasteiger partial charge on any atom is 1.00 e. The molecule has 0 unspecified atom stereocenters. The molecule has 23 heavy (non-hydrogen) atoms. The Bertz CT molecular complexity index is 238. The van der Waals surface area contributed by atoms with Gasteiger partial charge in [0.25, 0.3) is 0 Å². The maximum atomic E-state index is 11.6. The molecule has 0 amide bonds. The van der Waals surface area contributed by atoms with E-state index in [1.165, 1.54) is 83.5 Å². The molecule has 0 atom stereocenters. The van der Waals surface area contributed by atoms with Crippen molar-refractivity contribution >= 4 is 5.97 Å². The average molecular weight is 337 g/mol. The van der Waals surface area contributed by atoms with Gasteiger partial charge in [0, 0.05) is 6.42 Å². The van der Waals surface area contributed by atoms with Crippen LogP contribution < -0.4 is 29.6 Å². The third-order valence-electron chi connectivity index (χ3n) is 4.25. The summed E-state index contributed by atoms with van der Waals surface area (Å²) in [7, 11) is 0. The number of hydrogen-bond acceptors (Lipinski definition) is 2. The molecule has 0 saturated carbocycles. The van der Waals surface area contributed by atoms with E-state index in [1.807, 2.05) is 0 Å². The van der Waals surface area contributed by atoms with Crippen molar-refractivity contribution in [2.24, 2.45) is 0 Å². The first-order valence-electron chi connectivity index (χ1n) is 9.96. The topological polar surface area (TPSA) is 26.3 Å². The third-order valence-corrected chi connectivity index (χ3v) is 4.25. The van der Waals surface area contributed by atoms with Gasteiger partial charge in [0.1, 0.15) is 0 Å². The zero-order valence-corrected chi connectivity index (χ0v) is 18.3. The van der Waals surface area contributed by atoms with E-state index in [4.69, 9.17) is 4.74 Å². The zero-order valence-electron chi connectivity index (χ0n) is 17.3. The molecule has 0 aliphatic heterocycles. The SMILES string of the molecule is CCCCCCCCCCCC(=O)OCCCCCCCC.[H-].[Na+]. The molecular formula is C20H41NaO2. The molecule has 2 nitrogen and oxygen atoms in total. The van der Waals surface area contributed by atoms with Crippen LogP contribution in [-0.2, 0) is 9.53 Å². The van der Waals surface area contributed by atoms with E-state index in [-0.39, 0.29) is 37.0 Å². The van der Waals surface area contributed by atoms with Crippen LogP contribution in [0.5, 0.6) is 0 Å². The normalized spacial score (nSPS) is 10.3. The molecule has 0 aromatic heterocycles. The molecule has 0 radical (unpaired) electrons. The number of unbranched alkanes of at least 4 members (excludes halogenated alkanes) is 13. The van der Waals surface area contributed by atoms with Crippen LogP contribution in [0.1, 0.15) is 118 Å². The summed E-state index contributed by atoms with van der Waals surface area (Å²) in [6, 6.07) is 0. The van der Waals surface area contributed by atoms with E-state index in [0.717, 1.165) is 12.8 Å². The summed E-state index contributed by atoms with van der Waals surface area (Å²) >= 11 is 0. The summed E-state index contributed by atoms with van der Waals surface area (Å²) < 4.78 is 5.28. The molecule has 0 rings (SSSR count). The van der Waals surface area contributed by atoms with Gasteiger partial charge in [0.05, 0.1) is 6.61 Å². The zero-order chi connectivity index (χ0) is 16.3. The smallest absolute Gasteiger partial charge is 1.00 e. The Morgan fingerprint density at radius 2 is 1.04 bits per heavy atom. The quantitative estimate of drug-likeness (QED) is 0.229. The van der Waals surface area contributed by atoms with Crippen LogP contribution >= 0.6 is 0 Å². The molecule has 0 aliphatic carbocycles. The van der Waals surface area contributed by atoms with Crippen LogP contribution in [0.3, 0.4) is 0 Å². The number of carbonyl (C=O) groups excluding carboxylic acids is 1. The largest absolute Gasteiger partial charge is 1.00 e. The third kappa shape index (κ3) is 22.5. The fourth-order valence-corrected chi connectivity index (χ4v) is 2.72. The van der Waals surface area contributed by atoms with Crippen molar-refractivity contribution in [3.05, 3.63) is 0 Å². The van der Waals surface area contributed by atoms with Crippen LogP contribution in [0.2, 0.25) is 0 Å². The number of esters is 1. The Hall–Kier alpha value is 0.470. The number of carbonyl (C=O) groups is 1. The van der Waals surface area contributed by atoms with Crippen LogP contribution in [0.4, 0.5) is 0 Å². The van der Waals surface area contributed by atoms with Gasteiger partial charge in [-0.15, -0.1) is 0 Å². The maximum absolute atomic E-state index is 11.6. The Morgan fingerprint density at radius 1 is 0.652 bits per heavy atom. The summed E-state index contributed by atoms with van der Waals surface area (Å²) in [6.45, 7) is 5.11. The second kappa shape index (κ2) is 22.5. The van der Waals surface area contributed by atoms with Crippen LogP contribution in [-0.4, -0.2) is 12.6 Å². The van der Waals surface area contributed by atoms with Gasteiger partial charge in [-0.05, 0) is 12.8 Å². The molecule has 0 spiro atoms. The number of ether oxygens (including phenoxy) is 1. The first-order valence-corrected chi connectivity index (χ1v) is 9.96. The molecule has 134 valence electrons. The van der Waals surface area contributed by atoms with Crippen molar-refractivity contribution in [3.63, 3.8) is 0 Å². The summed E-state index contributed by atoms with van der Waals surface area (Å²) in [5, 5.41) is 0. The average Bonchev–Trinajstić information content (AvgIpc) is 2.52. The van der Waals surface area contributed by atoms with Gasteiger partial charge in [-0.1, -0.05) is 97.3 Å². The van der Waals surface area contributed by atoms with Crippen molar-refractivity contribution in [2.75, 3.05) is 6.61 Å². The Labute approximate surface area is 169 Å². The number of rotatable bonds is 17. The van der Waals surface area contributed by atoms with E-state index in [0.29, 0.717) is 13.0 Å². The van der Waals surface area contributed by atoms with E-state index >= 15 is 0 Å².